The van der Waals surface area contributed by atoms with Crippen LogP contribution in [0.3, 0.4) is 0 Å². The van der Waals surface area contributed by atoms with Crippen LogP contribution in [0, 0.1) is 0 Å². The molecule has 160 valence electrons. The fourth-order valence-corrected chi connectivity index (χ4v) is 2.53. The Labute approximate surface area is 164 Å². The smallest absolute Gasteiger partial charge is 0.138 e. The van der Waals surface area contributed by atoms with E-state index in [9.17, 15) is 0 Å². The van der Waals surface area contributed by atoms with Crippen LogP contribution in [-0.2, 0) is 23.7 Å². The normalized spacial score (nSPS) is 22.7. The quantitative estimate of drug-likeness (QED) is 0.527. The Morgan fingerprint density at radius 1 is 0.778 bits per heavy atom. The molecule has 1 aliphatic rings. The summed E-state index contributed by atoms with van der Waals surface area (Å²) in [5, 5.41) is 0. The van der Waals surface area contributed by atoms with E-state index in [1.807, 2.05) is 6.92 Å². The lowest BCUT2D eigenvalue weighted by atomic mass is 10.4. The molecular weight excluding hydrogens is 350 g/mol. The molecule has 0 saturated carbocycles. The topological polar surface area (TPSA) is 65.0 Å². The minimum absolute atomic E-state index is 0.393. The monoisotopic (exact) mass is 389 g/mol. The molecule has 0 unspecified atom stereocenters. The molecule has 0 aromatic heterocycles. The lowest BCUT2D eigenvalue weighted by Gasteiger charge is -2.22. The maximum Gasteiger partial charge on any atom is 0.138 e. The Morgan fingerprint density at radius 2 is 1.37 bits per heavy atom. The predicted molar refractivity (Wildman–Crippen MR) is 107 cm³/mol. The summed E-state index contributed by atoms with van der Waals surface area (Å²) in [6.07, 6.45) is 3.73. The highest BCUT2D eigenvalue weighted by Gasteiger charge is 2.06. The van der Waals surface area contributed by atoms with Crippen molar-refractivity contribution in [3.05, 3.63) is 0 Å². The van der Waals surface area contributed by atoms with Crippen LogP contribution in [0.15, 0.2) is 4.99 Å². The number of aliphatic imine (C=N–C) groups is 1. The first-order valence-corrected chi connectivity index (χ1v) is 10.1. The fourth-order valence-electron chi connectivity index (χ4n) is 2.53. The van der Waals surface area contributed by atoms with E-state index in [4.69, 9.17) is 23.7 Å². The first-order chi connectivity index (χ1) is 13.3. The standard InChI is InChI=1S/C19H39N3O5/c1-3-20-18-27-19-22-7-5-11-24-15-14-23-10-4-6-21(2)8-12-25-16-17-26-13-9-22/h3H,4-19H2,1-2H3/b20-3+. The van der Waals surface area contributed by atoms with Crippen LogP contribution in [0.1, 0.15) is 19.8 Å². The van der Waals surface area contributed by atoms with Gasteiger partial charge in [-0.1, -0.05) is 0 Å². The van der Waals surface area contributed by atoms with Crippen LogP contribution in [0.25, 0.3) is 0 Å². The zero-order valence-electron chi connectivity index (χ0n) is 17.3. The van der Waals surface area contributed by atoms with Crippen LogP contribution in [0.2, 0.25) is 0 Å². The molecule has 0 N–H and O–H groups in total. The SMILES string of the molecule is C/C=N/COCN1CCCOCCOCCCN(C)CCOCCOCC1. The van der Waals surface area contributed by atoms with Gasteiger partial charge in [-0.25, -0.2) is 0 Å². The summed E-state index contributed by atoms with van der Waals surface area (Å²) < 4.78 is 28.2. The van der Waals surface area contributed by atoms with Crippen molar-refractivity contribution < 1.29 is 23.7 Å². The second-order valence-corrected chi connectivity index (χ2v) is 6.48. The molecule has 8 heteroatoms. The van der Waals surface area contributed by atoms with Gasteiger partial charge in [-0.3, -0.25) is 9.89 Å². The minimum Gasteiger partial charge on any atom is -0.379 e. The van der Waals surface area contributed by atoms with Crippen LogP contribution in [0.5, 0.6) is 0 Å². The molecule has 1 heterocycles. The maximum absolute atomic E-state index is 5.69. The number of likely N-dealkylation sites (N-methyl/N-ethyl adjacent to an activating group) is 1. The summed E-state index contributed by atoms with van der Waals surface area (Å²) in [5.74, 6) is 0. The van der Waals surface area contributed by atoms with Gasteiger partial charge >= 0.3 is 0 Å². The van der Waals surface area contributed by atoms with Gasteiger partial charge in [0.25, 0.3) is 0 Å². The van der Waals surface area contributed by atoms with E-state index in [1.54, 1.807) is 6.21 Å². The van der Waals surface area contributed by atoms with Crippen molar-refractivity contribution in [2.75, 3.05) is 99.5 Å². The summed E-state index contributed by atoms with van der Waals surface area (Å²) in [4.78, 5) is 8.56. The van der Waals surface area contributed by atoms with Crippen molar-refractivity contribution in [3.8, 4) is 0 Å². The van der Waals surface area contributed by atoms with E-state index < -0.39 is 0 Å². The van der Waals surface area contributed by atoms with Gasteiger partial charge in [0.2, 0.25) is 0 Å². The van der Waals surface area contributed by atoms with Crippen molar-refractivity contribution in [3.63, 3.8) is 0 Å². The first kappa shape index (κ1) is 24.4. The third-order valence-corrected chi connectivity index (χ3v) is 4.13. The Morgan fingerprint density at radius 3 is 2.04 bits per heavy atom. The molecular formula is C19H39N3O5. The van der Waals surface area contributed by atoms with Gasteiger partial charge in [0.1, 0.15) is 13.5 Å². The largest absolute Gasteiger partial charge is 0.379 e. The van der Waals surface area contributed by atoms with Crippen molar-refractivity contribution in [2.24, 2.45) is 4.99 Å². The van der Waals surface area contributed by atoms with Crippen LogP contribution < -0.4 is 0 Å². The van der Waals surface area contributed by atoms with Gasteiger partial charge in [0, 0.05) is 39.4 Å². The van der Waals surface area contributed by atoms with Crippen molar-refractivity contribution in [1.29, 1.82) is 0 Å². The molecule has 0 atom stereocenters. The van der Waals surface area contributed by atoms with E-state index in [0.717, 1.165) is 58.8 Å². The molecule has 0 amide bonds. The molecule has 1 saturated heterocycles. The van der Waals surface area contributed by atoms with Gasteiger partial charge in [-0.15, -0.1) is 0 Å². The zero-order chi connectivity index (χ0) is 19.4. The van der Waals surface area contributed by atoms with Crippen LogP contribution in [-0.4, -0.2) is 116 Å². The van der Waals surface area contributed by atoms with Gasteiger partial charge < -0.3 is 28.6 Å². The van der Waals surface area contributed by atoms with E-state index >= 15 is 0 Å². The predicted octanol–water partition coefficient (Wildman–Crippen LogP) is 1.10. The average Bonchev–Trinajstić information content (AvgIpc) is 2.67. The van der Waals surface area contributed by atoms with Crippen LogP contribution in [0.4, 0.5) is 0 Å². The van der Waals surface area contributed by atoms with Crippen molar-refractivity contribution >= 4 is 6.21 Å². The van der Waals surface area contributed by atoms with Crippen molar-refractivity contribution in [1.82, 2.24) is 9.80 Å². The molecule has 0 bridgehead atoms. The summed E-state index contributed by atoms with van der Waals surface area (Å²) in [6, 6.07) is 0. The van der Waals surface area contributed by atoms with Crippen molar-refractivity contribution in [2.45, 2.75) is 19.8 Å². The van der Waals surface area contributed by atoms with Gasteiger partial charge in [0.15, 0.2) is 0 Å². The highest BCUT2D eigenvalue weighted by molar-refractivity contribution is 5.52. The first-order valence-electron chi connectivity index (χ1n) is 10.1. The Balaban J connectivity index is 2.28. The molecule has 0 aromatic carbocycles. The number of rotatable bonds is 4. The zero-order valence-corrected chi connectivity index (χ0v) is 17.3. The average molecular weight is 390 g/mol. The molecule has 8 nitrogen and oxygen atoms in total. The molecule has 0 aromatic rings. The van der Waals surface area contributed by atoms with E-state index in [0.29, 0.717) is 46.5 Å². The Kier molecular flexibility index (Phi) is 17.0. The Hall–Kier alpha value is -0.610. The summed E-state index contributed by atoms with van der Waals surface area (Å²) in [7, 11) is 2.11. The number of hydrogen-bond acceptors (Lipinski definition) is 8. The lowest BCUT2D eigenvalue weighted by Crippen LogP contribution is -2.32. The molecule has 1 rings (SSSR count). The lowest BCUT2D eigenvalue weighted by molar-refractivity contribution is -0.00635. The van der Waals surface area contributed by atoms with Gasteiger partial charge in [-0.05, 0) is 33.0 Å². The molecule has 1 aliphatic heterocycles. The number of hydrogen-bond donors (Lipinski definition) is 0. The van der Waals surface area contributed by atoms with E-state index in [-0.39, 0.29) is 0 Å². The number of ether oxygens (including phenoxy) is 5. The summed E-state index contributed by atoms with van der Waals surface area (Å²) in [5.41, 5.74) is 0. The fraction of sp³-hybridized carbons (Fsp3) is 0.947. The second kappa shape index (κ2) is 18.7. The van der Waals surface area contributed by atoms with E-state index in [2.05, 4.69) is 21.8 Å². The highest BCUT2D eigenvalue weighted by atomic mass is 16.5. The summed E-state index contributed by atoms with van der Waals surface area (Å²) in [6.45, 7) is 11.9. The highest BCUT2D eigenvalue weighted by Crippen LogP contribution is 1.96. The van der Waals surface area contributed by atoms with E-state index in [1.165, 1.54) is 0 Å². The molecule has 1 fully saturated rings. The number of nitrogens with zero attached hydrogens (tertiary/aromatic N) is 3. The second-order valence-electron chi connectivity index (χ2n) is 6.48. The molecule has 0 radical (unpaired) electrons. The van der Waals surface area contributed by atoms with Gasteiger partial charge in [-0.2, -0.15) is 0 Å². The Bertz CT molecular complexity index is 347. The third kappa shape index (κ3) is 16.1. The molecule has 0 spiro atoms. The molecule has 0 aliphatic carbocycles. The third-order valence-electron chi connectivity index (χ3n) is 4.13. The van der Waals surface area contributed by atoms with Gasteiger partial charge in [0.05, 0.1) is 39.6 Å². The minimum atomic E-state index is 0.393. The molecule has 27 heavy (non-hydrogen) atoms. The maximum atomic E-state index is 5.69. The summed E-state index contributed by atoms with van der Waals surface area (Å²) >= 11 is 0. The van der Waals surface area contributed by atoms with Crippen LogP contribution >= 0.6 is 0 Å².